The van der Waals surface area contributed by atoms with E-state index in [2.05, 4.69) is 28.2 Å². The lowest BCUT2D eigenvalue weighted by molar-refractivity contribution is 0.615. The van der Waals surface area contributed by atoms with Crippen molar-refractivity contribution in [3.05, 3.63) is 17.3 Å². The molecule has 3 nitrogen and oxygen atoms in total. The quantitative estimate of drug-likeness (QED) is 0.832. The highest BCUT2D eigenvalue weighted by Gasteiger charge is 2.18. The summed E-state index contributed by atoms with van der Waals surface area (Å²) in [5, 5.41) is 3.14. The molecular formula is C13H23N3. The molecule has 3 heteroatoms. The van der Waals surface area contributed by atoms with Gasteiger partial charge in [0.05, 0.1) is 0 Å². The van der Waals surface area contributed by atoms with Crippen LogP contribution in [0.25, 0.3) is 0 Å². The Morgan fingerprint density at radius 2 is 1.88 bits per heavy atom. The van der Waals surface area contributed by atoms with E-state index in [0.717, 1.165) is 11.5 Å². The van der Waals surface area contributed by atoms with Crippen molar-refractivity contribution in [2.24, 2.45) is 0 Å². The fraction of sp³-hybridized carbons (Fsp3) is 0.615. The summed E-state index contributed by atoms with van der Waals surface area (Å²) in [4.78, 5) is 6.86. The third-order valence-corrected chi connectivity index (χ3v) is 2.81. The monoisotopic (exact) mass is 221 g/mol. The smallest absolute Gasteiger partial charge is 0.130 e. The van der Waals surface area contributed by atoms with Gasteiger partial charge >= 0.3 is 0 Å². The summed E-state index contributed by atoms with van der Waals surface area (Å²) in [6, 6.07) is 2.18. The van der Waals surface area contributed by atoms with Crippen LogP contribution >= 0.6 is 0 Å². The van der Waals surface area contributed by atoms with Crippen molar-refractivity contribution in [1.29, 1.82) is 0 Å². The maximum Gasteiger partial charge on any atom is 0.130 e. The molecule has 1 fully saturated rings. The molecule has 1 aliphatic heterocycles. The molecule has 0 aliphatic carbocycles. The first-order valence-corrected chi connectivity index (χ1v) is 6.13. The van der Waals surface area contributed by atoms with Crippen molar-refractivity contribution in [1.82, 2.24) is 4.98 Å². The number of aromatic nitrogens is 1. The summed E-state index contributed by atoms with van der Waals surface area (Å²) >= 11 is 0. The molecule has 1 aromatic rings. The Morgan fingerprint density at radius 1 is 1.25 bits per heavy atom. The lowest BCUT2D eigenvalue weighted by atomic mass is 10.1. The van der Waals surface area contributed by atoms with Crippen molar-refractivity contribution in [2.45, 2.75) is 34.1 Å². The van der Waals surface area contributed by atoms with Crippen LogP contribution in [0.1, 0.15) is 31.5 Å². The molecule has 1 aliphatic rings. The first-order chi connectivity index (χ1) is 7.72. The van der Waals surface area contributed by atoms with Crippen LogP contribution in [0.4, 0.5) is 11.5 Å². The molecule has 0 atom stereocenters. The zero-order valence-electron chi connectivity index (χ0n) is 11.1. The molecule has 2 rings (SSSR count). The SMILES string of the molecule is CC.CNc1nc(C)cc(N2CCC2)c1C. The van der Waals surface area contributed by atoms with Gasteiger partial charge in [-0.2, -0.15) is 0 Å². The highest BCUT2D eigenvalue weighted by molar-refractivity contribution is 5.64. The van der Waals surface area contributed by atoms with Crippen LogP contribution in [0.5, 0.6) is 0 Å². The highest BCUT2D eigenvalue weighted by Crippen LogP contribution is 2.29. The summed E-state index contributed by atoms with van der Waals surface area (Å²) in [5.74, 6) is 1.01. The normalized spacial score (nSPS) is 13.7. The maximum absolute atomic E-state index is 4.45. The first kappa shape index (κ1) is 12.8. The van der Waals surface area contributed by atoms with Gasteiger partial charge in [0, 0.05) is 37.1 Å². The fourth-order valence-corrected chi connectivity index (χ4v) is 1.85. The lowest BCUT2D eigenvalue weighted by Gasteiger charge is -2.34. The minimum atomic E-state index is 1.01. The second-order valence-corrected chi connectivity index (χ2v) is 3.85. The zero-order chi connectivity index (χ0) is 12.1. The minimum absolute atomic E-state index is 1.01. The third-order valence-electron chi connectivity index (χ3n) is 2.81. The first-order valence-electron chi connectivity index (χ1n) is 6.13. The molecule has 2 heterocycles. The average Bonchev–Trinajstić information content (AvgIpc) is 2.23. The van der Waals surface area contributed by atoms with Gasteiger partial charge < -0.3 is 10.2 Å². The predicted octanol–water partition coefficient (Wildman–Crippen LogP) is 2.98. The van der Waals surface area contributed by atoms with Gasteiger partial charge in [0.1, 0.15) is 5.82 Å². The standard InChI is InChI=1S/C11H17N3.C2H6/c1-8-7-10(14-5-4-6-14)9(2)11(12-3)13-8;1-2/h7H,4-6H2,1-3H3,(H,12,13);1-2H3. The van der Waals surface area contributed by atoms with Crippen LogP contribution in [-0.2, 0) is 0 Å². The van der Waals surface area contributed by atoms with E-state index in [1.807, 2.05) is 27.8 Å². The van der Waals surface area contributed by atoms with Gasteiger partial charge in [-0.05, 0) is 26.3 Å². The number of hydrogen-bond donors (Lipinski definition) is 1. The largest absolute Gasteiger partial charge is 0.373 e. The number of anilines is 2. The predicted molar refractivity (Wildman–Crippen MR) is 71.4 cm³/mol. The maximum atomic E-state index is 4.45. The van der Waals surface area contributed by atoms with Gasteiger partial charge in [0.15, 0.2) is 0 Å². The summed E-state index contributed by atoms with van der Waals surface area (Å²) < 4.78 is 0. The molecule has 0 amide bonds. The van der Waals surface area contributed by atoms with E-state index in [9.17, 15) is 0 Å². The van der Waals surface area contributed by atoms with Crippen molar-refractivity contribution >= 4 is 11.5 Å². The number of pyridine rings is 1. The minimum Gasteiger partial charge on any atom is -0.373 e. The lowest BCUT2D eigenvalue weighted by Crippen LogP contribution is -2.37. The molecule has 90 valence electrons. The van der Waals surface area contributed by atoms with E-state index in [0.29, 0.717) is 0 Å². The Hall–Kier alpha value is -1.25. The summed E-state index contributed by atoms with van der Waals surface area (Å²) in [6.45, 7) is 10.6. The van der Waals surface area contributed by atoms with E-state index < -0.39 is 0 Å². The molecule has 0 saturated carbocycles. The fourth-order valence-electron chi connectivity index (χ4n) is 1.85. The van der Waals surface area contributed by atoms with Crippen molar-refractivity contribution in [3.63, 3.8) is 0 Å². The molecule has 0 radical (unpaired) electrons. The van der Waals surface area contributed by atoms with Gasteiger partial charge in [-0.1, -0.05) is 13.8 Å². The highest BCUT2D eigenvalue weighted by atomic mass is 15.2. The average molecular weight is 221 g/mol. The molecule has 0 bridgehead atoms. The number of aryl methyl sites for hydroxylation is 1. The van der Waals surface area contributed by atoms with Crippen LogP contribution < -0.4 is 10.2 Å². The van der Waals surface area contributed by atoms with E-state index in [1.54, 1.807) is 0 Å². The molecule has 0 aromatic carbocycles. The molecule has 1 saturated heterocycles. The van der Waals surface area contributed by atoms with Crippen LogP contribution in [-0.4, -0.2) is 25.1 Å². The Bertz CT molecular complexity index is 343. The van der Waals surface area contributed by atoms with Crippen LogP contribution in [0, 0.1) is 13.8 Å². The second-order valence-electron chi connectivity index (χ2n) is 3.85. The summed E-state index contributed by atoms with van der Waals surface area (Å²) in [6.07, 6.45) is 1.32. The number of rotatable bonds is 2. The molecule has 1 aromatic heterocycles. The van der Waals surface area contributed by atoms with Crippen molar-refractivity contribution in [3.8, 4) is 0 Å². The number of nitrogens with one attached hydrogen (secondary N) is 1. The van der Waals surface area contributed by atoms with Gasteiger partial charge in [-0.25, -0.2) is 4.98 Å². The third kappa shape index (κ3) is 2.46. The van der Waals surface area contributed by atoms with E-state index >= 15 is 0 Å². The molecule has 0 unspecified atom stereocenters. The van der Waals surface area contributed by atoms with Gasteiger partial charge in [0.2, 0.25) is 0 Å². The topological polar surface area (TPSA) is 28.2 Å². The Morgan fingerprint density at radius 3 is 2.31 bits per heavy atom. The zero-order valence-corrected chi connectivity index (χ0v) is 11.1. The molecular weight excluding hydrogens is 198 g/mol. The molecule has 1 N–H and O–H groups in total. The van der Waals surface area contributed by atoms with Gasteiger partial charge in [0.25, 0.3) is 0 Å². The summed E-state index contributed by atoms with van der Waals surface area (Å²) in [7, 11) is 1.93. The van der Waals surface area contributed by atoms with Gasteiger partial charge in [-0.3, -0.25) is 0 Å². The van der Waals surface area contributed by atoms with Crippen molar-refractivity contribution in [2.75, 3.05) is 30.4 Å². The Labute approximate surface area is 98.9 Å². The molecule has 0 spiro atoms. The Balaban J connectivity index is 0.000000606. The number of nitrogens with zero attached hydrogens (tertiary/aromatic N) is 2. The van der Waals surface area contributed by atoms with Crippen molar-refractivity contribution < 1.29 is 0 Å². The number of hydrogen-bond acceptors (Lipinski definition) is 3. The van der Waals surface area contributed by atoms with E-state index in [1.165, 1.54) is 30.8 Å². The second kappa shape index (κ2) is 5.73. The Kier molecular flexibility index (Phi) is 4.59. The van der Waals surface area contributed by atoms with Crippen LogP contribution in [0.2, 0.25) is 0 Å². The molecule has 16 heavy (non-hydrogen) atoms. The summed E-state index contributed by atoms with van der Waals surface area (Å²) in [5.41, 5.74) is 3.69. The van der Waals surface area contributed by atoms with E-state index in [4.69, 9.17) is 0 Å². The van der Waals surface area contributed by atoms with Crippen LogP contribution in [0.3, 0.4) is 0 Å². The van der Waals surface area contributed by atoms with Gasteiger partial charge in [-0.15, -0.1) is 0 Å². The van der Waals surface area contributed by atoms with Crippen LogP contribution in [0.15, 0.2) is 6.07 Å². The van der Waals surface area contributed by atoms with E-state index in [-0.39, 0.29) is 0 Å².